The summed E-state index contributed by atoms with van der Waals surface area (Å²) in [6.45, 7) is 6.92. The second-order valence-corrected chi connectivity index (χ2v) is 20.0. The molecule has 9 amide bonds. The summed E-state index contributed by atoms with van der Waals surface area (Å²) in [5.41, 5.74) is 34.7. The number of primary amides is 1. The number of hydrogen-bond acceptors (Lipinski definition) is 12. The highest BCUT2D eigenvalue weighted by atomic mass is 16.3. The van der Waals surface area contributed by atoms with E-state index in [1.165, 1.54) is 20.8 Å². The zero-order chi connectivity index (χ0) is 58.3. The number of nitrogens with zero attached hydrogens (tertiary/aromatic N) is 1. The predicted molar refractivity (Wildman–Crippen MR) is 277 cm³/mol. The van der Waals surface area contributed by atoms with Crippen molar-refractivity contribution < 1.29 is 84.1 Å². The van der Waals surface area contributed by atoms with E-state index in [9.17, 15) is 58.2 Å². The number of nitrogens with two attached hydrogens (primary N) is 5. The molecule has 0 radical (unpaired) electrons. The molecule has 0 aliphatic heterocycles. The van der Waals surface area contributed by atoms with Gasteiger partial charge in [-0.3, -0.25) is 76.1 Å². The lowest BCUT2D eigenvalue weighted by Gasteiger charge is -2.29. The fourth-order valence-electron chi connectivity index (χ4n) is 7.20. The predicted octanol–water partition coefficient (Wildman–Crippen LogP) is -12.7. The number of aldehydes is 1. The van der Waals surface area contributed by atoms with Crippen molar-refractivity contribution in [2.24, 2.45) is 28.7 Å². The maximum absolute atomic E-state index is 14.2. The van der Waals surface area contributed by atoms with E-state index in [0.29, 0.717) is 49.5 Å². The zero-order valence-electron chi connectivity index (χ0n) is 45.5. The summed E-state index contributed by atoms with van der Waals surface area (Å²) in [5, 5.41) is 41.5. The Morgan fingerprint density at radius 3 is 1.33 bits per heavy atom. The van der Waals surface area contributed by atoms with Crippen LogP contribution in [0.25, 0.3) is 0 Å². The Bertz CT molecular complexity index is 1960. The van der Waals surface area contributed by atoms with E-state index < -0.39 is 133 Å². The third-order valence-corrected chi connectivity index (χ3v) is 11.6. The maximum atomic E-state index is 14.2. The van der Waals surface area contributed by atoms with Gasteiger partial charge in [0.05, 0.1) is 65.6 Å². The smallest absolute Gasteiger partial charge is 0.338 e. The standard InChI is InChI=1S/C46H88N18O12/c1-25(48)37(69)58-32(17-13-22-55-46(52)53)41(73)63-36(28(4)67)44(76)61-30(15-9-11-23-64(5,6)7)40(72)60-33(18-19-34(49)68)42(74)62-35(27(3)66)43(75)56-26(2)38(70)59-31(16-12-21-54-45(50)51)39(71)57-29(24-65)14-8-10-20-47/h24-33,35-36,66-67H,8-23,47-48H2,1-7H3,(H17-,49,50,51,52,53,54,55,56,57,58,59,60,61,62,63,68,69,70,71,72,73,74,75,76)/p+5/t25-,26-,27+,28+,29-,30-,31-,32-,33-,35-,36-/m0/s1. The van der Waals surface area contributed by atoms with Gasteiger partial charge in [0.2, 0.25) is 47.3 Å². The molecule has 0 aromatic heterocycles. The largest absolute Gasteiger partial charge is 0.391 e. The Morgan fingerprint density at radius 2 is 0.908 bits per heavy atom. The van der Waals surface area contributed by atoms with Crippen molar-refractivity contribution in [2.75, 3.05) is 47.3 Å². The van der Waals surface area contributed by atoms with Crippen molar-refractivity contribution in [3.63, 3.8) is 0 Å². The Kier molecular flexibility index (Phi) is 33.0. The normalized spacial score (nSPS) is 15.6. The quantitative estimate of drug-likeness (QED) is 0.00894. The summed E-state index contributed by atoms with van der Waals surface area (Å²) in [4.78, 5) is 138. The van der Waals surface area contributed by atoms with Gasteiger partial charge in [0, 0.05) is 6.42 Å². The van der Waals surface area contributed by atoms with E-state index in [1.807, 2.05) is 21.1 Å². The Morgan fingerprint density at radius 1 is 0.513 bits per heavy atom. The van der Waals surface area contributed by atoms with Gasteiger partial charge < -0.3 is 79.2 Å². The molecule has 0 bridgehead atoms. The van der Waals surface area contributed by atoms with Gasteiger partial charge in [0.25, 0.3) is 5.91 Å². The van der Waals surface area contributed by atoms with Gasteiger partial charge in [0.1, 0.15) is 48.6 Å². The minimum Gasteiger partial charge on any atom is -0.391 e. The lowest BCUT2D eigenvalue weighted by molar-refractivity contribution is -0.870. The van der Waals surface area contributed by atoms with Crippen LogP contribution in [0.1, 0.15) is 105 Å². The number of carbonyl (C=O) groups is 10. The molecule has 0 heterocycles. The summed E-state index contributed by atoms with van der Waals surface area (Å²) in [6.07, 6.45) is -0.236. The first kappa shape index (κ1) is 69.2. The van der Waals surface area contributed by atoms with E-state index in [0.717, 1.165) is 13.3 Å². The Hall–Kier alpha value is -6.76. The number of quaternary nitrogens is 3. The van der Waals surface area contributed by atoms with Crippen LogP contribution < -0.4 is 92.7 Å². The van der Waals surface area contributed by atoms with E-state index in [2.05, 4.69) is 64.0 Å². The van der Waals surface area contributed by atoms with Crippen LogP contribution in [0.3, 0.4) is 0 Å². The van der Waals surface area contributed by atoms with Gasteiger partial charge >= 0.3 is 11.9 Å². The molecule has 0 unspecified atom stereocenters. The number of rotatable bonds is 39. The molecule has 0 fully saturated rings. The van der Waals surface area contributed by atoms with Crippen LogP contribution in [-0.2, 0) is 47.9 Å². The molecule has 11 atom stereocenters. The van der Waals surface area contributed by atoms with Crippen molar-refractivity contribution in [1.29, 1.82) is 0 Å². The molecule has 76 heavy (non-hydrogen) atoms. The first-order valence-electron chi connectivity index (χ1n) is 25.6. The number of aliphatic hydroxyl groups excluding tert-OH is 2. The summed E-state index contributed by atoms with van der Waals surface area (Å²) < 4.78 is 0.565. The third-order valence-electron chi connectivity index (χ3n) is 11.6. The Labute approximate surface area is 444 Å². The van der Waals surface area contributed by atoms with Crippen LogP contribution in [0.4, 0.5) is 0 Å². The molecular weight excluding hydrogens is 997 g/mol. The highest BCUT2D eigenvalue weighted by molar-refractivity contribution is 5.98. The fourth-order valence-corrected chi connectivity index (χ4v) is 7.20. The average Bonchev–Trinajstić information content (AvgIpc) is 3.32. The summed E-state index contributed by atoms with van der Waals surface area (Å²) in [5.74, 6) is -8.04. The fraction of sp³-hybridized carbons (Fsp3) is 0.739. The number of hydrogen-bond donors (Lipinski definition) is 19. The van der Waals surface area contributed by atoms with Gasteiger partial charge in [-0.2, -0.15) is 0 Å². The summed E-state index contributed by atoms with van der Waals surface area (Å²) >= 11 is 0. The van der Waals surface area contributed by atoms with Crippen molar-refractivity contribution in [3.05, 3.63) is 0 Å². The third kappa shape index (κ3) is 30.0. The number of carbonyl (C=O) groups excluding carboxylic acids is 10. The number of unbranched alkanes of at least 4 members (excludes halogenated alkanes) is 2. The molecule has 0 aliphatic carbocycles. The summed E-state index contributed by atoms with van der Waals surface area (Å²) in [6, 6.07) is -11.9. The highest BCUT2D eigenvalue weighted by Gasteiger charge is 2.36. The van der Waals surface area contributed by atoms with Crippen LogP contribution in [0.15, 0.2) is 0 Å². The molecule has 0 saturated carbocycles. The van der Waals surface area contributed by atoms with E-state index in [-0.39, 0.29) is 57.1 Å². The van der Waals surface area contributed by atoms with Crippen molar-refractivity contribution in [2.45, 2.75) is 171 Å². The van der Waals surface area contributed by atoms with E-state index in [4.69, 9.17) is 28.7 Å². The second-order valence-electron chi connectivity index (χ2n) is 20.0. The van der Waals surface area contributed by atoms with Gasteiger partial charge in [0.15, 0.2) is 6.04 Å². The van der Waals surface area contributed by atoms with Gasteiger partial charge in [-0.1, -0.05) is 0 Å². The zero-order valence-corrected chi connectivity index (χ0v) is 45.5. The molecule has 0 spiro atoms. The molecule has 0 saturated heterocycles. The van der Waals surface area contributed by atoms with Crippen molar-refractivity contribution in [3.8, 4) is 0 Å². The molecule has 0 aliphatic rings. The molecule has 30 heteroatoms. The second kappa shape index (κ2) is 36.3. The number of nitrogens with one attached hydrogen (secondary N) is 10. The van der Waals surface area contributed by atoms with Gasteiger partial charge in [-0.25, -0.2) is 0 Å². The lowest BCUT2D eigenvalue weighted by atomic mass is 10.0. The van der Waals surface area contributed by atoms with Crippen molar-refractivity contribution >= 4 is 71.4 Å². The van der Waals surface area contributed by atoms with Crippen LogP contribution in [-0.4, -0.2) is 200 Å². The maximum Gasteiger partial charge on any atom is 0.338 e. The average molecular weight is 1090 g/mol. The van der Waals surface area contributed by atoms with Crippen LogP contribution in [0.2, 0.25) is 0 Å². The number of amides is 9. The number of guanidine groups is 2. The van der Waals surface area contributed by atoms with E-state index in [1.54, 1.807) is 0 Å². The molecule has 30 nitrogen and oxygen atoms in total. The van der Waals surface area contributed by atoms with Gasteiger partial charge in [-0.05, 0) is 98.3 Å². The van der Waals surface area contributed by atoms with Crippen LogP contribution in [0, 0.1) is 0 Å². The topological polar surface area (TPSA) is 521 Å². The highest BCUT2D eigenvalue weighted by Crippen LogP contribution is 2.10. The molecular formula is C46H93N18O12+5. The number of aliphatic hydroxyl groups is 2. The molecule has 0 aromatic carbocycles. The summed E-state index contributed by atoms with van der Waals surface area (Å²) in [7, 11) is 5.86. The monoisotopic (exact) mass is 1090 g/mol. The molecule has 0 rings (SSSR count). The molecule has 434 valence electrons. The van der Waals surface area contributed by atoms with Crippen LogP contribution >= 0.6 is 0 Å². The first-order chi connectivity index (χ1) is 35.4. The first-order valence-corrected chi connectivity index (χ1v) is 25.6. The molecule has 28 N–H and O–H groups in total. The molecule has 0 aromatic rings. The van der Waals surface area contributed by atoms with Crippen LogP contribution in [0.5, 0.6) is 0 Å². The minimum absolute atomic E-state index is 0.0237. The van der Waals surface area contributed by atoms with E-state index >= 15 is 0 Å². The Balaban J connectivity index is 6.63. The van der Waals surface area contributed by atoms with Gasteiger partial charge in [-0.15, -0.1) is 0 Å². The SMILES string of the molecule is C[C@H]([NH3+])C(=O)N[C@@H](CCC[NH+]=C(N)N)C(=O)N[C@H](C(=O)N[C@@H](CCCC[N+](C)(C)C)C(=O)N[C@@H](CCC(N)=O)C(=O)N[C@H](C(=O)N[C@@H](C)C(=O)N[C@@H](CCC[NH+]=C(N)N)C(=O)N[C@H](C=O)CCCC[NH3+])[C@@H](C)O)[C@@H](C)O. The minimum atomic E-state index is -1.77. The lowest BCUT2D eigenvalue weighted by Crippen LogP contribution is -2.78. The van der Waals surface area contributed by atoms with Crippen molar-refractivity contribution in [1.82, 2.24) is 42.5 Å².